The van der Waals surface area contributed by atoms with Gasteiger partial charge in [0.25, 0.3) is 0 Å². The van der Waals surface area contributed by atoms with Crippen molar-refractivity contribution in [2.45, 2.75) is 36.9 Å². The van der Waals surface area contributed by atoms with Crippen LogP contribution < -0.4 is 0 Å². The second-order valence-electron chi connectivity index (χ2n) is 3.67. The predicted molar refractivity (Wildman–Crippen MR) is 63.1 cm³/mol. The van der Waals surface area contributed by atoms with Crippen molar-refractivity contribution in [1.82, 2.24) is 0 Å². The summed E-state index contributed by atoms with van der Waals surface area (Å²) in [6, 6.07) is 5.90. The maximum Gasteiger partial charge on any atom is 0.421 e. The molecule has 1 aromatic carbocycles. The van der Waals surface area contributed by atoms with E-state index >= 15 is 0 Å². The molecule has 1 nitrogen and oxygen atoms in total. The van der Waals surface area contributed by atoms with E-state index < -0.39 is 18.2 Å². The van der Waals surface area contributed by atoms with Crippen LogP contribution >= 0.6 is 11.8 Å². The highest BCUT2D eigenvalue weighted by molar-refractivity contribution is 7.99. The third kappa shape index (κ3) is 2.96. The molecule has 0 spiro atoms. The highest BCUT2D eigenvalue weighted by Gasteiger charge is 2.53. The summed E-state index contributed by atoms with van der Waals surface area (Å²) in [5.41, 5.74) is -2.85. The average molecular weight is 264 g/mol. The zero-order chi connectivity index (χ0) is 13.1. The minimum atomic E-state index is -4.65. The number of alkyl halides is 3. The molecule has 1 rings (SSSR count). The third-order valence-electron chi connectivity index (χ3n) is 2.62. The minimum absolute atomic E-state index is 0.104. The van der Waals surface area contributed by atoms with Gasteiger partial charge in [0.15, 0.2) is 5.60 Å². The molecule has 0 aliphatic heterocycles. The van der Waals surface area contributed by atoms with Crippen molar-refractivity contribution in [1.29, 1.82) is 0 Å². The number of hydrogen-bond acceptors (Lipinski definition) is 2. The monoisotopic (exact) mass is 264 g/mol. The summed E-state index contributed by atoms with van der Waals surface area (Å²) < 4.78 is 38.4. The Balaban J connectivity index is 3.05. The van der Waals surface area contributed by atoms with E-state index in [4.69, 9.17) is 0 Å². The Bertz CT molecular complexity index is 361. The van der Waals surface area contributed by atoms with E-state index in [1.54, 1.807) is 23.9 Å². The molecule has 1 aromatic rings. The summed E-state index contributed by atoms with van der Waals surface area (Å²) in [4.78, 5) is 0.900. The Hall–Kier alpha value is -0.680. The Morgan fingerprint density at radius 2 is 1.65 bits per heavy atom. The van der Waals surface area contributed by atoms with E-state index in [9.17, 15) is 18.3 Å². The van der Waals surface area contributed by atoms with Gasteiger partial charge in [0.1, 0.15) is 0 Å². The molecule has 0 bridgehead atoms. The summed E-state index contributed by atoms with van der Waals surface area (Å²) in [6.07, 6.45) is -5.04. The van der Waals surface area contributed by atoms with E-state index in [1.807, 2.05) is 6.92 Å². The highest BCUT2D eigenvalue weighted by atomic mass is 32.2. The molecule has 17 heavy (non-hydrogen) atoms. The van der Waals surface area contributed by atoms with Crippen LogP contribution in [0.4, 0.5) is 13.2 Å². The fourth-order valence-electron chi connectivity index (χ4n) is 1.56. The second kappa shape index (κ2) is 5.31. The van der Waals surface area contributed by atoms with E-state index in [0.717, 1.165) is 10.6 Å². The van der Waals surface area contributed by atoms with Crippen LogP contribution in [0.5, 0.6) is 0 Å². The molecule has 0 fully saturated rings. The fraction of sp³-hybridized carbons (Fsp3) is 0.500. The Kier molecular flexibility index (Phi) is 4.49. The first-order valence-corrected chi connectivity index (χ1v) is 6.36. The first-order chi connectivity index (χ1) is 7.85. The van der Waals surface area contributed by atoms with Gasteiger partial charge in [-0.1, -0.05) is 26.0 Å². The fourth-order valence-corrected chi connectivity index (χ4v) is 2.22. The molecule has 1 unspecified atom stereocenters. The lowest BCUT2D eigenvalue weighted by atomic mass is 9.90. The van der Waals surface area contributed by atoms with Crippen molar-refractivity contribution in [3.63, 3.8) is 0 Å². The lowest BCUT2D eigenvalue weighted by Gasteiger charge is -2.29. The highest BCUT2D eigenvalue weighted by Crippen LogP contribution is 2.41. The van der Waals surface area contributed by atoms with Gasteiger partial charge in [-0.25, -0.2) is 0 Å². The van der Waals surface area contributed by atoms with Gasteiger partial charge in [0.2, 0.25) is 0 Å². The number of halogens is 3. The quantitative estimate of drug-likeness (QED) is 0.831. The molecular weight excluding hydrogens is 249 g/mol. The van der Waals surface area contributed by atoms with E-state index in [2.05, 4.69) is 0 Å². The van der Waals surface area contributed by atoms with Crippen LogP contribution in [0.25, 0.3) is 0 Å². The van der Waals surface area contributed by atoms with Crippen molar-refractivity contribution < 1.29 is 18.3 Å². The van der Waals surface area contributed by atoms with Crippen molar-refractivity contribution in [3.05, 3.63) is 29.8 Å². The van der Waals surface area contributed by atoms with Crippen molar-refractivity contribution >= 4 is 11.8 Å². The Labute approximate surface area is 103 Å². The van der Waals surface area contributed by atoms with Crippen molar-refractivity contribution in [3.8, 4) is 0 Å². The molecule has 0 aliphatic rings. The third-order valence-corrected chi connectivity index (χ3v) is 3.52. The average Bonchev–Trinajstić information content (AvgIpc) is 2.28. The number of benzene rings is 1. The van der Waals surface area contributed by atoms with Gasteiger partial charge in [-0.15, -0.1) is 11.8 Å². The minimum Gasteiger partial charge on any atom is -0.376 e. The summed E-state index contributed by atoms with van der Waals surface area (Å²) in [6.45, 7) is 3.29. The molecule has 0 heterocycles. The molecule has 1 N–H and O–H groups in total. The first-order valence-electron chi connectivity index (χ1n) is 5.37. The molecule has 0 amide bonds. The van der Waals surface area contributed by atoms with Crippen LogP contribution in [0.3, 0.4) is 0 Å². The van der Waals surface area contributed by atoms with E-state index in [0.29, 0.717) is 0 Å². The zero-order valence-electron chi connectivity index (χ0n) is 9.71. The number of aliphatic hydroxyl groups is 1. The van der Waals surface area contributed by atoms with Gasteiger partial charge in [0.05, 0.1) is 0 Å². The summed E-state index contributed by atoms with van der Waals surface area (Å²) in [7, 11) is 0. The van der Waals surface area contributed by atoms with Gasteiger partial charge in [-0.05, 0) is 29.9 Å². The lowest BCUT2D eigenvalue weighted by molar-refractivity contribution is -0.267. The number of hydrogen-bond donors (Lipinski definition) is 1. The summed E-state index contributed by atoms with van der Waals surface area (Å²) in [5.74, 6) is 0.858. The van der Waals surface area contributed by atoms with Crippen LogP contribution in [-0.2, 0) is 5.60 Å². The molecular formula is C12H15F3OS. The van der Waals surface area contributed by atoms with Gasteiger partial charge in [0, 0.05) is 4.90 Å². The molecule has 0 saturated heterocycles. The van der Waals surface area contributed by atoms with Gasteiger partial charge >= 0.3 is 6.18 Å². The van der Waals surface area contributed by atoms with E-state index in [1.165, 1.54) is 19.1 Å². The lowest BCUT2D eigenvalue weighted by Crippen LogP contribution is -2.41. The second-order valence-corrected chi connectivity index (χ2v) is 5.01. The van der Waals surface area contributed by atoms with Crippen LogP contribution in [0.2, 0.25) is 0 Å². The van der Waals surface area contributed by atoms with Crippen molar-refractivity contribution in [2.75, 3.05) is 5.75 Å². The van der Waals surface area contributed by atoms with Gasteiger partial charge in [-0.2, -0.15) is 13.2 Å². The Morgan fingerprint density at radius 1 is 1.12 bits per heavy atom. The first kappa shape index (κ1) is 14.4. The summed E-state index contributed by atoms with van der Waals surface area (Å²) in [5, 5.41) is 9.72. The van der Waals surface area contributed by atoms with E-state index in [-0.39, 0.29) is 5.56 Å². The van der Waals surface area contributed by atoms with Crippen LogP contribution in [0.15, 0.2) is 29.2 Å². The molecule has 96 valence electrons. The molecule has 0 saturated carbocycles. The topological polar surface area (TPSA) is 20.2 Å². The molecule has 0 radical (unpaired) electrons. The maximum atomic E-state index is 12.8. The molecule has 5 heteroatoms. The zero-order valence-corrected chi connectivity index (χ0v) is 10.5. The smallest absolute Gasteiger partial charge is 0.376 e. The van der Waals surface area contributed by atoms with Crippen LogP contribution in [-0.4, -0.2) is 17.0 Å². The van der Waals surface area contributed by atoms with Gasteiger partial charge < -0.3 is 5.11 Å². The van der Waals surface area contributed by atoms with Gasteiger partial charge in [-0.3, -0.25) is 0 Å². The predicted octanol–water partition coefficient (Wildman–Crippen LogP) is 3.96. The summed E-state index contributed by atoms with van der Waals surface area (Å²) >= 11 is 1.55. The molecule has 0 aliphatic carbocycles. The molecule has 1 atom stereocenters. The van der Waals surface area contributed by atoms with Crippen LogP contribution in [0.1, 0.15) is 25.8 Å². The normalized spacial score (nSPS) is 15.6. The number of thioether (sulfide) groups is 1. The molecule has 0 aromatic heterocycles. The SMILES string of the molecule is CCSc1ccc(C(O)(CC)C(F)(F)F)cc1. The van der Waals surface area contributed by atoms with Crippen molar-refractivity contribution in [2.24, 2.45) is 0 Å². The Morgan fingerprint density at radius 3 is 2.00 bits per heavy atom. The van der Waals surface area contributed by atoms with Crippen LogP contribution in [0, 0.1) is 0 Å². The standard InChI is InChI=1S/C12H15F3OS/c1-3-11(16,12(13,14)15)9-5-7-10(8-6-9)17-4-2/h5-8,16H,3-4H2,1-2H3. The number of rotatable bonds is 4. The maximum absolute atomic E-state index is 12.8. The largest absolute Gasteiger partial charge is 0.421 e.